The lowest BCUT2D eigenvalue weighted by molar-refractivity contribution is -0.120. The molecule has 6 heteroatoms. The van der Waals surface area contributed by atoms with Crippen LogP contribution < -0.4 is 10.2 Å². The molecule has 0 radical (unpaired) electrons. The maximum absolute atomic E-state index is 13.1. The number of hydrogen-bond donors (Lipinski definition) is 1. The summed E-state index contributed by atoms with van der Waals surface area (Å²) in [5.41, 5.74) is 2.43. The van der Waals surface area contributed by atoms with Gasteiger partial charge in [0.15, 0.2) is 0 Å². The molecule has 30 heavy (non-hydrogen) atoms. The minimum atomic E-state index is -0.861. The average molecular weight is 408 g/mol. The van der Waals surface area contributed by atoms with Gasteiger partial charge >= 0.3 is 0 Å². The van der Waals surface area contributed by atoms with Crippen LogP contribution in [0.25, 0.3) is 0 Å². The molecule has 1 aliphatic heterocycles. The standard InChI is InChI=1S/C24H29N3O3/c1-5-26(6-2)18-13-11-17(12-14-18)25-22(28)21(15-16(3)4)27-23(29)19-9-7-8-10-20(19)24(27)30/h7-14,16,21H,5-6,15H2,1-4H3,(H,25,28). The molecule has 0 aromatic heterocycles. The van der Waals surface area contributed by atoms with Gasteiger partial charge < -0.3 is 10.2 Å². The van der Waals surface area contributed by atoms with Gasteiger partial charge in [-0.05, 0) is 62.6 Å². The summed E-state index contributed by atoms with van der Waals surface area (Å²) >= 11 is 0. The van der Waals surface area contributed by atoms with Crippen molar-refractivity contribution >= 4 is 29.1 Å². The highest BCUT2D eigenvalue weighted by atomic mass is 16.2. The van der Waals surface area contributed by atoms with Crippen molar-refractivity contribution in [3.8, 4) is 0 Å². The van der Waals surface area contributed by atoms with Crippen LogP contribution in [0.5, 0.6) is 0 Å². The van der Waals surface area contributed by atoms with E-state index in [1.54, 1.807) is 24.3 Å². The van der Waals surface area contributed by atoms with E-state index in [1.165, 1.54) is 0 Å². The molecule has 0 fully saturated rings. The zero-order chi connectivity index (χ0) is 21.8. The van der Waals surface area contributed by atoms with Gasteiger partial charge in [-0.1, -0.05) is 26.0 Å². The molecule has 0 saturated heterocycles. The molecule has 1 heterocycles. The third-order valence-corrected chi connectivity index (χ3v) is 5.40. The summed E-state index contributed by atoms with van der Waals surface area (Å²) in [5, 5.41) is 2.89. The van der Waals surface area contributed by atoms with E-state index >= 15 is 0 Å². The lowest BCUT2D eigenvalue weighted by Crippen LogP contribution is -2.47. The molecule has 2 aromatic carbocycles. The number of nitrogens with one attached hydrogen (secondary N) is 1. The van der Waals surface area contributed by atoms with Crippen molar-refractivity contribution in [2.75, 3.05) is 23.3 Å². The number of nitrogens with zero attached hydrogens (tertiary/aromatic N) is 2. The minimum Gasteiger partial charge on any atom is -0.372 e. The van der Waals surface area contributed by atoms with Crippen LogP contribution in [-0.2, 0) is 4.79 Å². The van der Waals surface area contributed by atoms with Crippen LogP contribution in [-0.4, -0.2) is 41.8 Å². The van der Waals surface area contributed by atoms with Crippen molar-refractivity contribution in [1.29, 1.82) is 0 Å². The molecule has 0 saturated carbocycles. The first-order valence-corrected chi connectivity index (χ1v) is 10.5. The van der Waals surface area contributed by atoms with Gasteiger partial charge in [0.2, 0.25) is 5.91 Å². The number of fused-ring (bicyclic) bond motifs is 1. The van der Waals surface area contributed by atoms with Crippen molar-refractivity contribution in [2.24, 2.45) is 5.92 Å². The molecule has 158 valence electrons. The van der Waals surface area contributed by atoms with E-state index in [-0.39, 0.29) is 11.8 Å². The minimum absolute atomic E-state index is 0.134. The summed E-state index contributed by atoms with van der Waals surface area (Å²) in [7, 11) is 0. The smallest absolute Gasteiger partial charge is 0.262 e. The fourth-order valence-electron chi connectivity index (χ4n) is 3.84. The Morgan fingerprint density at radius 2 is 1.47 bits per heavy atom. The molecule has 3 rings (SSSR count). The molecule has 1 aliphatic rings. The van der Waals surface area contributed by atoms with Crippen LogP contribution in [0.3, 0.4) is 0 Å². The van der Waals surface area contributed by atoms with Crippen molar-refractivity contribution in [3.63, 3.8) is 0 Å². The number of anilines is 2. The molecule has 2 aromatic rings. The lowest BCUT2D eigenvalue weighted by atomic mass is 10.0. The molecular weight excluding hydrogens is 378 g/mol. The zero-order valence-corrected chi connectivity index (χ0v) is 18.0. The summed E-state index contributed by atoms with van der Waals surface area (Å²) in [6, 6.07) is 13.5. The normalized spacial score (nSPS) is 14.1. The molecular formula is C24H29N3O3. The first-order chi connectivity index (χ1) is 14.4. The largest absolute Gasteiger partial charge is 0.372 e. The molecule has 0 aliphatic carbocycles. The highest BCUT2D eigenvalue weighted by molar-refractivity contribution is 6.23. The molecule has 0 spiro atoms. The fraction of sp³-hybridized carbons (Fsp3) is 0.375. The van der Waals surface area contributed by atoms with E-state index in [0.717, 1.165) is 23.7 Å². The van der Waals surface area contributed by atoms with E-state index in [4.69, 9.17) is 0 Å². The summed E-state index contributed by atoms with van der Waals surface area (Å²) < 4.78 is 0. The summed E-state index contributed by atoms with van der Waals surface area (Å²) in [5.74, 6) is -1.04. The quantitative estimate of drug-likeness (QED) is 0.667. The SMILES string of the molecule is CCN(CC)c1ccc(NC(=O)C(CC(C)C)N2C(=O)c3ccccc3C2=O)cc1. The topological polar surface area (TPSA) is 69.7 Å². The first-order valence-electron chi connectivity index (χ1n) is 10.5. The number of carbonyl (C=O) groups excluding carboxylic acids is 3. The Balaban J connectivity index is 1.82. The molecule has 1 atom stereocenters. The average Bonchev–Trinajstić information content (AvgIpc) is 2.99. The second-order valence-electron chi connectivity index (χ2n) is 7.88. The molecule has 1 N–H and O–H groups in total. The van der Waals surface area contributed by atoms with Gasteiger partial charge in [0, 0.05) is 24.5 Å². The molecule has 1 unspecified atom stereocenters. The van der Waals surface area contributed by atoms with Crippen LogP contribution in [0.15, 0.2) is 48.5 Å². The number of benzene rings is 2. The number of imide groups is 1. The second-order valence-corrected chi connectivity index (χ2v) is 7.88. The monoisotopic (exact) mass is 407 g/mol. The van der Waals surface area contributed by atoms with Gasteiger partial charge in [0.25, 0.3) is 11.8 Å². The Kier molecular flexibility index (Phi) is 6.55. The molecule has 3 amide bonds. The van der Waals surface area contributed by atoms with E-state index in [1.807, 2.05) is 38.1 Å². The predicted octanol–water partition coefficient (Wildman–Crippen LogP) is 4.18. The van der Waals surface area contributed by atoms with Gasteiger partial charge in [-0.2, -0.15) is 0 Å². The van der Waals surface area contributed by atoms with Gasteiger partial charge in [-0.15, -0.1) is 0 Å². The summed E-state index contributed by atoms with van der Waals surface area (Å²) in [6.07, 6.45) is 0.398. The van der Waals surface area contributed by atoms with Crippen LogP contribution in [0.2, 0.25) is 0 Å². The Labute approximate surface area is 177 Å². The first kappa shape index (κ1) is 21.6. The number of rotatable bonds is 8. The maximum Gasteiger partial charge on any atom is 0.262 e. The van der Waals surface area contributed by atoms with Crippen LogP contribution >= 0.6 is 0 Å². The fourth-order valence-corrected chi connectivity index (χ4v) is 3.84. The Hall–Kier alpha value is -3.15. The molecule has 6 nitrogen and oxygen atoms in total. The van der Waals surface area contributed by atoms with Crippen molar-refractivity contribution in [1.82, 2.24) is 4.90 Å². The maximum atomic E-state index is 13.1. The van der Waals surface area contributed by atoms with Crippen molar-refractivity contribution in [3.05, 3.63) is 59.7 Å². The van der Waals surface area contributed by atoms with Gasteiger partial charge in [0.05, 0.1) is 11.1 Å². The third kappa shape index (κ3) is 4.22. The van der Waals surface area contributed by atoms with Gasteiger partial charge in [-0.25, -0.2) is 0 Å². The summed E-state index contributed by atoms with van der Waals surface area (Å²) in [4.78, 5) is 42.3. The Morgan fingerprint density at radius 3 is 1.93 bits per heavy atom. The second kappa shape index (κ2) is 9.11. The van der Waals surface area contributed by atoms with E-state index < -0.39 is 17.9 Å². The van der Waals surface area contributed by atoms with Crippen molar-refractivity contribution < 1.29 is 14.4 Å². The van der Waals surface area contributed by atoms with E-state index in [2.05, 4.69) is 24.1 Å². The number of amides is 3. The van der Waals surface area contributed by atoms with E-state index in [0.29, 0.717) is 23.2 Å². The van der Waals surface area contributed by atoms with Gasteiger partial charge in [-0.3, -0.25) is 19.3 Å². The predicted molar refractivity (Wildman–Crippen MR) is 119 cm³/mol. The zero-order valence-electron chi connectivity index (χ0n) is 18.0. The van der Waals surface area contributed by atoms with Crippen LogP contribution in [0.4, 0.5) is 11.4 Å². The highest BCUT2D eigenvalue weighted by Gasteiger charge is 2.42. The lowest BCUT2D eigenvalue weighted by Gasteiger charge is -2.27. The Morgan fingerprint density at radius 1 is 0.933 bits per heavy atom. The van der Waals surface area contributed by atoms with Gasteiger partial charge in [0.1, 0.15) is 6.04 Å². The number of hydrogen-bond acceptors (Lipinski definition) is 4. The van der Waals surface area contributed by atoms with Crippen LogP contribution in [0, 0.1) is 5.92 Å². The number of carbonyl (C=O) groups is 3. The Bertz CT molecular complexity index is 898. The summed E-state index contributed by atoms with van der Waals surface area (Å²) in [6.45, 7) is 9.93. The highest BCUT2D eigenvalue weighted by Crippen LogP contribution is 2.28. The van der Waals surface area contributed by atoms with E-state index in [9.17, 15) is 14.4 Å². The third-order valence-electron chi connectivity index (χ3n) is 5.40. The van der Waals surface area contributed by atoms with Crippen molar-refractivity contribution in [2.45, 2.75) is 40.2 Å². The molecule has 0 bridgehead atoms. The van der Waals surface area contributed by atoms with Crippen LogP contribution in [0.1, 0.15) is 54.8 Å².